The van der Waals surface area contributed by atoms with E-state index in [9.17, 15) is 4.79 Å². The van der Waals surface area contributed by atoms with Crippen molar-refractivity contribution in [1.29, 1.82) is 0 Å². The van der Waals surface area contributed by atoms with Gasteiger partial charge in [0.1, 0.15) is 0 Å². The van der Waals surface area contributed by atoms with Gasteiger partial charge < -0.3 is 15.5 Å². The number of nitrogens with one attached hydrogen (secondary N) is 2. The van der Waals surface area contributed by atoms with Gasteiger partial charge in [0.05, 0.1) is 0 Å². The van der Waals surface area contributed by atoms with Gasteiger partial charge in [-0.2, -0.15) is 0 Å². The molecule has 0 radical (unpaired) electrons. The summed E-state index contributed by atoms with van der Waals surface area (Å²) in [6.45, 7) is 6.06. The molecule has 1 heterocycles. The van der Waals surface area contributed by atoms with Gasteiger partial charge in [-0.25, -0.2) is 0 Å². The van der Waals surface area contributed by atoms with Gasteiger partial charge in [0, 0.05) is 39.6 Å². The van der Waals surface area contributed by atoms with Gasteiger partial charge in [-0.1, -0.05) is 32.1 Å². The lowest BCUT2D eigenvalue weighted by molar-refractivity contribution is -0.121. The van der Waals surface area contributed by atoms with Crippen LogP contribution in [0.5, 0.6) is 0 Å². The van der Waals surface area contributed by atoms with E-state index in [-0.39, 0.29) is 5.91 Å². The summed E-state index contributed by atoms with van der Waals surface area (Å²) >= 11 is 0. The van der Waals surface area contributed by atoms with Crippen LogP contribution in [0.4, 0.5) is 0 Å². The molecular weight excluding hydrogens is 312 g/mol. The molecule has 0 aromatic rings. The minimum atomic E-state index is 0.170. The third-order valence-electron chi connectivity index (χ3n) is 5.73. The van der Waals surface area contributed by atoms with Crippen LogP contribution in [0, 0.1) is 11.8 Å². The summed E-state index contributed by atoms with van der Waals surface area (Å²) in [5.74, 6) is 2.54. The Hall–Kier alpha value is -1.26. The lowest BCUT2D eigenvalue weighted by Gasteiger charge is -2.34. The molecule has 1 saturated heterocycles. The van der Waals surface area contributed by atoms with Gasteiger partial charge in [-0.3, -0.25) is 9.79 Å². The molecule has 25 heavy (non-hydrogen) atoms. The standard InChI is InChI=1S/C20H38N4O/c1-3-22-20(23-16-18-9-7-5-4-6-8-10-18)24-13-11-17(12-14-24)15-19(25)21-2/h17-18H,3-16H2,1-2H3,(H,21,25)(H,22,23). The average Bonchev–Trinajstić information content (AvgIpc) is 2.60. The van der Waals surface area contributed by atoms with E-state index in [1.165, 1.54) is 44.9 Å². The largest absolute Gasteiger partial charge is 0.359 e. The average molecular weight is 351 g/mol. The van der Waals surface area contributed by atoms with Crippen LogP contribution in [-0.4, -0.2) is 50.0 Å². The van der Waals surface area contributed by atoms with E-state index in [4.69, 9.17) is 4.99 Å². The van der Waals surface area contributed by atoms with Crippen molar-refractivity contribution in [3.05, 3.63) is 0 Å². The van der Waals surface area contributed by atoms with E-state index in [0.29, 0.717) is 12.3 Å². The molecule has 1 saturated carbocycles. The fraction of sp³-hybridized carbons (Fsp3) is 0.900. The summed E-state index contributed by atoms with van der Waals surface area (Å²) in [6, 6.07) is 0. The van der Waals surface area contributed by atoms with Gasteiger partial charge in [0.15, 0.2) is 5.96 Å². The van der Waals surface area contributed by atoms with Gasteiger partial charge in [-0.05, 0) is 44.4 Å². The van der Waals surface area contributed by atoms with E-state index < -0.39 is 0 Å². The first-order valence-corrected chi connectivity index (χ1v) is 10.5. The van der Waals surface area contributed by atoms with Crippen molar-refractivity contribution < 1.29 is 4.79 Å². The molecule has 2 rings (SSSR count). The van der Waals surface area contributed by atoms with E-state index in [0.717, 1.165) is 50.9 Å². The summed E-state index contributed by atoms with van der Waals surface area (Å²) in [5.41, 5.74) is 0. The third kappa shape index (κ3) is 7.25. The highest BCUT2D eigenvalue weighted by Gasteiger charge is 2.23. The second-order valence-electron chi connectivity index (χ2n) is 7.71. The zero-order chi connectivity index (χ0) is 17.9. The van der Waals surface area contributed by atoms with Crippen molar-refractivity contribution in [1.82, 2.24) is 15.5 Å². The molecule has 1 amide bonds. The Morgan fingerprint density at radius 1 is 1.00 bits per heavy atom. The number of aliphatic imine (C=N–C) groups is 1. The van der Waals surface area contributed by atoms with Crippen LogP contribution < -0.4 is 10.6 Å². The molecule has 0 aromatic carbocycles. The molecule has 0 spiro atoms. The second kappa shape index (κ2) is 11.4. The molecular formula is C20H38N4O. The minimum absolute atomic E-state index is 0.170. The lowest BCUT2D eigenvalue weighted by atomic mass is 9.91. The molecule has 0 bridgehead atoms. The van der Waals surface area contributed by atoms with Gasteiger partial charge in [0.25, 0.3) is 0 Å². The molecule has 0 unspecified atom stereocenters. The Morgan fingerprint density at radius 2 is 1.64 bits per heavy atom. The quantitative estimate of drug-likeness (QED) is 0.591. The number of guanidine groups is 1. The molecule has 2 aliphatic rings. The Bertz CT molecular complexity index is 408. The number of likely N-dealkylation sites (tertiary alicyclic amines) is 1. The van der Waals surface area contributed by atoms with Crippen LogP contribution in [0.25, 0.3) is 0 Å². The molecule has 5 heteroatoms. The summed E-state index contributed by atoms with van der Waals surface area (Å²) in [7, 11) is 1.73. The maximum absolute atomic E-state index is 11.6. The maximum atomic E-state index is 11.6. The number of rotatable bonds is 5. The molecule has 144 valence electrons. The minimum Gasteiger partial charge on any atom is -0.359 e. The summed E-state index contributed by atoms with van der Waals surface area (Å²) in [6.07, 6.45) is 12.5. The van der Waals surface area contributed by atoms with E-state index in [1.807, 2.05) is 0 Å². The first-order valence-electron chi connectivity index (χ1n) is 10.5. The molecule has 5 nitrogen and oxygen atoms in total. The number of piperidine rings is 1. The zero-order valence-electron chi connectivity index (χ0n) is 16.4. The fourth-order valence-electron chi connectivity index (χ4n) is 4.08. The fourth-order valence-corrected chi connectivity index (χ4v) is 4.08. The highest BCUT2D eigenvalue weighted by molar-refractivity contribution is 5.80. The zero-order valence-corrected chi connectivity index (χ0v) is 16.4. The topological polar surface area (TPSA) is 56.7 Å². The Labute approximate surface area is 154 Å². The van der Waals surface area contributed by atoms with Crippen LogP contribution in [0.1, 0.15) is 71.1 Å². The Kier molecular flexibility index (Phi) is 9.12. The molecule has 0 atom stereocenters. The number of carbonyl (C=O) groups excluding carboxylic acids is 1. The van der Waals surface area contributed by atoms with Crippen molar-refractivity contribution in [3.63, 3.8) is 0 Å². The number of nitrogens with zero attached hydrogens (tertiary/aromatic N) is 2. The Morgan fingerprint density at radius 3 is 2.24 bits per heavy atom. The van der Waals surface area contributed by atoms with E-state index >= 15 is 0 Å². The van der Waals surface area contributed by atoms with Crippen LogP contribution in [0.3, 0.4) is 0 Å². The maximum Gasteiger partial charge on any atom is 0.220 e. The van der Waals surface area contributed by atoms with Crippen LogP contribution in [0.2, 0.25) is 0 Å². The van der Waals surface area contributed by atoms with E-state index in [1.54, 1.807) is 7.05 Å². The lowest BCUT2D eigenvalue weighted by Crippen LogP contribution is -2.46. The predicted molar refractivity (Wildman–Crippen MR) is 105 cm³/mol. The van der Waals surface area contributed by atoms with Crippen molar-refractivity contribution in [2.45, 2.75) is 71.1 Å². The highest BCUT2D eigenvalue weighted by Crippen LogP contribution is 2.23. The first kappa shape index (κ1) is 20.1. The Balaban J connectivity index is 1.83. The number of hydrogen-bond acceptors (Lipinski definition) is 2. The van der Waals surface area contributed by atoms with Crippen LogP contribution in [0.15, 0.2) is 4.99 Å². The molecule has 0 aromatic heterocycles. The molecule has 1 aliphatic carbocycles. The number of carbonyl (C=O) groups is 1. The van der Waals surface area contributed by atoms with Crippen molar-refractivity contribution in [3.8, 4) is 0 Å². The SMILES string of the molecule is CCNC(=NCC1CCCCCCC1)N1CCC(CC(=O)NC)CC1. The van der Waals surface area contributed by atoms with Crippen LogP contribution in [-0.2, 0) is 4.79 Å². The van der Waals surface area contributed by atoms with Gasteiger partial charge in [-0.15, -0.1) is 0 Å². The molecule has 1 aliphatic heterocycles. The number of amides is 1. The second-order valence-corrected chi connectivity index (χ2v) is 7.71. The summed E-state index contributed by atoms with van der Waals surface area (Å²) in [4.78, 5) is 19.0. The normalized spacial score (nSPS) is 21.5. The molecule has 2 N–H and O–H groups in total. The van der Waals surface area contributed by atoms with Crippen LogP contribution >= 0.6 is 0 Å². The summed E-state index contributed by atoms with van der Waals surface area (Å²) in [5, 5.41) is 6.23. The van der Waals surface area contributed by atoms with E-state index in [2.05, 4.69) is 22.5 Å². The molecule has 2 fully saturated rings. The highest BCUT2D eigenvalue weighted by atomic mass is 16.1. The smallest absolute Gasteiger partial charge is 0.220 e. The third-order valence-corrected chi connectivity index (χ3v) is 5.73. The van der Waals surface area contributed by atoms with Crippen molar-refractivity contribution >= 4 is 11.9 Å². The van der Waals surface area contributed by atoms with Gasteiger partial charge in [0.2, 0.25) is 5.91 Å². The number of hydrogen-bond donors (Lipinski definition) is 2. The van der Waals surface area contributed by atoms with Crippen molar-refractivity contribution in [2.75, 3.05) is 33.2 Å². The van der Waals surface area contributed by atoms with Crippen molar-refractivity contribution in [2.24, 2.45) is 16.8 Å². The van der Waals surface area contributed by atoms with Gasteiger partial charge >= 0.3 is 0 Å². The first-order chi connectivity index (χ1) is 12.2. The predicted octanol–water partition coefficient (Wildman–Crippen LogP) is 3.16. The monoisotopic (exact) mass is 350 g/mol. The summed E-state index contributed by atoms with van der Waals surface area (Å²) < 4.78 is 0.